The summed E-state index contributed by atoms with van der Waals surface area (Å²) in [7, 11) is 1.82. The third-order valence-corrected chi connectivity index (χ3v) is 6.88. The van der Waals surface area contributed by atoms with Crippen LogP contribution in [-0.2, 0) is 32.8 Å². The molecule has 2 atom stereocenters. The number of anilines is 1. The number of carbonyl (C=O) groups is 3. The average molecular weight is 493 g/mol. The van der Waals surface area contributed by atoms with Crippen LogP contribution in [0.4, 0.5) is 5.13 Å². The summed E-state index contributed by atoms with van der Waals surface area (Å²) in [5, 5.41) is 17.8. The lowest BCUT2D eigenvalue weighted by Crippen LogP contribution is -2.71. The van der Waals surface area contributed by atoms with Gasteiger partial charge in [-0.3, -0.25) is 14.5 Å². The van der Waals surface area contributed by atoms with Crippen LogP contribution in [0.3, 0.4) is 0 Å². The molecule has 2 amide bonds. The maximum absolute atomic E-state index is 12.9. The minimum atomic E-state index is -1.44. The van der Waals surface area contributed by atoms with Crippen LogP contribution in [0.1, 0.15) is 12.7 Å². The molecule has 0 spiro atoms. The Bertz CT molecular complexity index is 1170. The summed E-state index contributed by atoms with van der Waals surface area (Å²) < 4.78 is 7.58. The van der Waals surface area contributed by atoms with Gasteiger partial charge in [-0.05, 0) is 12.5 Å². The minimum absolute atomic E-state index is 0.0272. The van der Waals surface area contributed by atoms with Crippen molar-refractivity contribution >= 4 is 51.9 Å². The third kappa shape index (κ3) is 4.28. The van der Waals surface area contributed by atoms with Crippen molar-refractivity contribution in [3.63, 3.8) is 0 Å². The molecule has 1 fully saturated rings. The molecule has 2 aliphatic heterocycles. The molecule has 4 heterocycles. The highest BCUT2D eigenvalue weighted by molar-refractivity contribution is 8.00. The van der Waals surface area contributed by atoms with E-state index in [1.807, 2.05) is 24.0 Å². The number of thioether (sulfide) groups is 1. The average Bonchev–Trinajstić information content (AvgIpc) is 3.39. The van der Waals surface area contributed by atoms with Gasteiger partial charge in [0.1, 0.15) is 24.6 Å². The van der Waals surface area contributed by atoms with Crippen molar-refractivity contribution in [3.8, 4) is 0 Å². The monoisotopic (exact) mass is 492 g/mol. The number of rotatable bonds is 8. The number of oxime groups is 1. The van der Waals surface area contributed by atoms with Gasteiger partial charge in [-0.15, -0.1) is 16.4 Å². The van der Waals surface area contributed by atoms with Gasteiger partial charge in [0.2, 0.25) is 11.5 Å². The Morgan fingerprint density at radius 3 is 2.88 bits per heavy atom. The lowest BCUT2D eigenvalue weighted by molar-refractivity contribution is -0.752. The number of amides is 2. The molecule has 1 saturated heterocycles. The van der Waals surface area contributed by atoms with Crippen molar-refractivity contribution in [2.75, 3.05) is 18.1 Å². The number of carboxylic acid groups (broad SMARTS) is 1. The molecule has 3 N–H and O–H groups in total. The van der Waals surface area contributed by atoms with E-state index in [0.717, 1.165) is 16.4 Å². The number of fused-ring (bicyclic) bond motifs is 1. The third-order valence-electron chi connectivity index (χ3n) is 5.00. The van der Waals surface area contributed by atoms with E-state index in [9.17, 15) is 19.5 Å². The van der Waals surface area contributed by atoms with Crippen molar-refractivity contribution in [2.24, 2.45) is 12.2 Å². The largest absolute Gasteiger partial charge is 0.543 e. The maximum atomic E-state index is 12.9. The molecule has 174 valence electrons. The van der Waals surface area contributed by atoms with E-state index in [1.165, 1.54) is 11.8 Å². The summed E-state index contributed by atoms with van der Waals surface area (Å²) in [6.07, 6.45) is 3.63. The zero-order chi connectivity index (χ0) is 23.7. The fourth-order valence-corrected chi connectivity index (χ4v) is 5.23. The number of aliphatic carboxylic acids is 1. The Kier molecular flexibility index (Phi) is 6.33. The van der Waals surface area contributed by atoms with Gasteiger partial charge >= 0.3 is 0 Å². The van der Waals surface area contributed by atoms with Crippen LogP contribution in [0, 0.1) is 0 Å². The summed E-state index contributed by atoms with van der Waals surface area (Å²) in [6.45, 7) is 2.18. The van der Waals surface area contributed by atoms with E-state index in [2.05, 4.69) is 19.8 Å². The highest BCUT2D eigenvalue weighted by Crippen LogP contribution is 2.40. The van der Waals surface area contributed by atoms with Gasteiger partial charge in [-0.2, -0.15) is 14.0 Å². The molecular weight excluding hydrogens is 472 g/mol. The SMILES string of the molecule is CCON=C(C(=O)NC1C(=O)N2C(C(=O)[O-])=C(Cn3ccc[n+]3C)CS[C@H]12)c1nsc(N)n1. The molecule has 13 nitrogen and oxygen atoms in total. The van der Waals surface area contributed by atoms with Crippen molar-refractivity contribution in [3.05, 3.63) is 35.6 Å². The fraction of sp³-hybridized carbons (Fsp3) is 0.389. The molecule has 2 aromatic heterocycles. The number of nitrogens with one attached hydrogen (secondary N) is 1. The minimum Gasteiger partial charge on any atom is -0.543 e. The molecule has 1 unspecified atom stereocenters. The Hall–Kier alpha value is -3.46. The number of aromatic nitrogens is 4. The molecule has 2 aromatic rings. The number of aryl methyl sites for hydroxylation is 1. The van der Waals surface area contributed by atoms with Crippen LogP contribution in [0.25, 0.3) is 0 Å². The van der Waals surface area contributed by atoms with E-state index < -0.39 is 29.2 Å². The van der Waals surface area contributed by atoms with Gasteiger partial charge in [-0.25, -0.2) is 0 Å². The standard InChI is InChI=1S/C18H20N8O5S2/c1-3-31-22-10(13-21-18(19)33-23-13)14(27)20-11-15(28)26-12(17(29)30)9(8-32-16(11)26)7-25-6-4-5-24(25)2/h4-6,11,16H,3,7-8H2,1-2H3,(H3-,19,20,21,23,27,29,30)/t11?,16-/m1/s1. The second-order valence-electron chi connectivity index (χ2n) is 7.08. The van der Waals surface area contributed by atoms with Crippen LogP contribution in [-0.4, -0.2) is 66.2 Å². The van der Waals surface area contributed by atoms with Crippen LogP contribution in [0.15, 0.2) is 34.9 Å². The predicted molar refractivity (Wildman–Crippen MR) is 115 cm³/mol. The zero-order valence-corrected chi connectivity index (χ0v) is 19.3. The Labute approximate surface area is 196 Å². The van der Waals surface area contributed by atoms with Gasteiger partial charge in [-0.1, -0.05) is 5.16 Å². The van der Waals surface area contributed by atoms with Crippen LogP contribution >= 0.6 is 23.3 Å². The molecule has 15 heteroatoms. The second kappa shape index (κ2) is 9.19. The van der Waals surface area contributed by atoms with Gasteiger partial charge < -0.3 is 25.8 Å². The summed E-state index contributed by atoms with van der Waals surface area (Å²) in [6, 6.07) is 0.869. The van der Waals surface area contributed by atoms with Crippen molar-refractivity contribution in [1.29, 1.82) is 0 Å². The quantitative estimate of drug-likeness (QED) is 0.176. The number of carboxylic acids is 1. The van der Waals surface area contributed by atoms with Gasteiger partial charge in [0.25, 0.3) is 11.8 Å². The van der Waals surface area contributed by atoms with Crippen LogP contribution < -0.4 is 20.8 Å². The van der Waals surface area contributed by atoms with Gasteiger partial charge in [0, 0.05) is 23.4 Å². The van der Waals surface area contributed by atoms with Crippen LogP contribution in [0.2, 0.25) is 0 Å². The van der Waals surface area contributed by atoms with Crippen molar-refractivity contribution < 1.29 is 29.0 Å². The first-order valence-electron chi connectivity index (χ1n) is 9.81. The molecule has 0 bridgehead atoms. The maximum Gasteiger partial charge on any atom is 0.278 e. The predicted octanol–water partition coefficient (Wildman–Crippen LogP) is -2.41. The van der Waals surface area contributed by atoms with E-state index in [1.54, 1.807) is 17.8 Å². The highest BCUT2D eigenvalue weighted by atomic mass is 32.2. The van der Waals surface area contributed by atoms with E-state index in [-0.39, 0.29) is 35.5 Å². The molecule has 4 rings (SSSR count). The normalized spacial score (nSPS) is 20.4. The smallest absolute Gasteiger partial charge is 0.278 e. The summed E-state index contributed by atoms with van der Waals surface area (Å²) in [4.78, 5) is 47.7. The van der Waals surface area contributed by atoms with E-state index in [0.29, 0.717) is 11.3 Å². The summed E-state index contributed by atoms with van der Waals surface area (Å²) in [5.41, 5.74) is 5.74. The number of nitrogen functional groups attached to an aromatic ring is 1. The summed E-state index contributed by atoms with van der Waals surface area (Å²) >= 11 is 2.24. The summed E-state index contributed by atoms with van der Waals surface area (Å²) in [5.74, 6) is -2.41. The molecule has 0 radical (unpaired) electrons. The van der Waals surface area contributed by atoms with Crippen molar-refractivity contribution in [1.82, 2.24) is 24.3 Å². The zero-order valence-electron chi connectivity index (χ0n) is 17.6. The first kappa shape index (κ1) is 22.7. The molecule has 2 aliphatic rings. The van der Waals surface area contributed by atoms with Gasteiger partial charge in [0.15, 0.2) is 18.4 Å². The fourth-order valence-electron chi connectivity index (χ4n) is 3.46. The number of β-lactam (4-membered cyclic amide) rings is 1. The first-order chi connectivity index (χ1) is 15.8. The Morgan fingerprint density at radius 1 is 1.48 bits per heavy atom. The molecule has 33 heavy (non-hydrogen) atoms. The number of carbonyl (C=O) groups excluding carboxylic acids is 3. The highest BCUT2D eigenvalue weighted by Gasteiger charge is 2.53. The molecule has 0 saturated carbocycles. The second-order valence-corrected chi connectivity index (χ2v) is 8.96. The Morgan fingerprint density at radius 2 is 2.27 bits per heavy atom. The first-order valence-corrected chi connectivity index (χ1v) is 11.6. The van der Waals surface area contributed by atoms with Crippen molar-refractivity contribution in [2.45, 2.75) is 24.9 Å². The molecular formula is C18H20N8O5S2. The number of nitrogens with zero attached hydrogens (tertiary/aromatic N) is 6. The lowest BCUT2D eigenvalue weighted by Gasteiger charge is -2.50. The van der Waals surface area contributed by atoms with Crippen LogP contribution in [0.5, 0.6) is 0 Å². The Balaban J connectivity index is 1.54. The number of hydrogen-bond acceptors (Lipinski definition) is 11. The van der Waals surface area contributed by atoms with E-state index in [4.69, 9.17) is 10.6 Å². The number of nitrogens with two attached hydrogens (primary N) is 1. The van der Waals surface area contributed by atoms with E-state index >= 15 is 0 Å². The topological polar surface area (TPSA) is 172 Å². The lowest BCUT2D eigenvalue weighted by atomic mass is 10.0. The molecule has 0 aromatic carbocycles. The number of hydrogen-bond donors (Lipinski definition) is 2. The van der Waals surface area contributed by atoms with Gasteiger partial charge in [0.05, 0.1) is 17.9 Å². The molecule has 0 aliphatic carbocycles.